The second kappa shape index (κ2) is 3.97. The number of nitrogens with zero attached hydrogens (tertiary/aromatic N) is 3. The minimum absolute atomic E-state index is 0.583. The van der Waals surface area contributed by atoms with E-state index in [0.717, 1.165) is 13.0 Å². The van der Waals surface area contributed by atoms with Crippen molar-refractivity contribution in [1.82, 2.24) is 20.2 Å². The van der Waals surface area contributed by atoms with Crippen molar-refractivity contribution in [3.05, 3.63) is 12.7 Å². The molecule has 56 valence electrons. The summed E-state index contributed by atoms with van der Waals surface area (Å²) in [5.74, 6) is 0. The highest BCUT2D eigenvalue weighted by molar-refractivity contribution is 4.55. The highest BCUT2D eigenvalue weighted by Crippen LogP contribution is 1.83. The summed E-state index contributed by atoms with van der Waals surface area (Å²) >= 11 is 0. The van der Waals surface area contributed by atoms with Crippen LogP contribution < -0.4 is 5.48 Å². The van der Waals surface area contributed by atoms with Crippen LogP contribution >= 0.6 is 0 Å². The predicted molar refractivity (Wildman–Crippen MR) is 34.4 cm³/mol. The fraction of sp³-hybridized carbons (Fsp3) is 0.600. The third-order valence-electron chi connectivity index (χ3n) is 1.14. The largest absolute Gasteiger partial charge is 0.317 e. The van der Waals surface area contributed by atoms with E-state index in [9.17, 15) is 0 Å². The number of hydrogen-bond donors (Lipinski definition) is 2. The first-order chi connectivity index (χ1) is 4.93. The number of hydroxylamine groups is 1. The van der Waals surface area contributed by atoms with Gasteiger partial charge in [0.2, 0.25) is 0 Å². The molecule has 0 saturated heterocycles. The van der Waals surface area contributed by atoms with Gasteiger partial charge in [0.15, 0.2) is 0 Å². The van der Waals surface area contributed by atoms with E-state index >= 15 is 0 Å². The van der Waals surface area contributed by atoms with Gasteiger partial charge >= 0.3 is 0 Å². The lowest BCUT2D eigenvalue weighted by atomic mass is 10.4. The molecule has 0 atom stereocenters. The standard InChI is InChI=1S/C5H10N4O/c10-8-2-1-3-9-5-6-4-7-9/h4-5,8,10H,1-3H2. The third kappa shape index (κ3) is 2.12. The minimum atomic E-state index is 0.583. The molecule has 0 fully saturated rings. The zero-order valence-corrected chi connectivity index (χ0v) is 5.56. The number of aryl methyl sites for hydroxylation is 1. The molecule has 2 N–H and O–H groups in total. The fourth-order valence-corrected chi connectivity index (χ4v) is 0.668. The van der Waals surface area contributed by atoms with Gasteiger partial charge < -0.3 is 5.21 Å². The Labute approximate surface area is 58.7 Å². The van der Waals surface area contributed by atoms with E-state index in [1.54, 1.807) is 11.0 Å². The maximum absolute atomic E-state index is 8.20. The maximum atomic E-state index is 8.20. The Morgan fingerprint density at radius 3 is 3.10 bits per heavy atom. The first kappa shape index (κ1) is 7.17. The molecule has 0 spiro atoms. The maximum Gasteiger partial charge on any atom is 0.137 e. The molecule has 1 heterocycles. The molecule has 5 nitrogen and oxygen atoms in total. The fourth-order valence-electron chi connectivity index (χ4n) is 0.668. The number of nitrogens with one attached hydrogen (secondary N) is 1. The van der Waals surface area contributed by atoms with Crippen molar-refractivity contribution in [1.29, 1.82) is 0 Å². The molecule has 0 amide bonds. The molecule has 10 heavy (non-hydrogen) atoms. The summed E-state index contributed by atoms with van der Waals surface area (Å²) in [6, 6.07) is 0. The molecule has 0 aliphatic carbocycles. The Kier molecular flexibility index (Phi) is 2.85. The zero-order chi connectivity index (χ0) is 7.23. The molecule has 0 unspecified atom stereocenters. The van der Waals surface area contributed by atoms with Crippen LogP contribution in [-0.4, -0.2) is 26.5 Å². The van der Waals surface area contributed by atoms with Crippen LogP contribution in [-0.2, 0) is 6.54 Å². The van der Waals surface area contributed by atoms with Gasteiger partial charge in [0, 0.05) is 13.1 Å². The summed E-state index contributed by atoms with van der Waals surface area (Å²) < 4.78 is 1.72. The van der Waals surface area contributed by atoms with E-state index in [2.05, 4.69) is 15.6 Å². The van der Waals surface area contributed by atoms with Gasteiger partial charge in [-0.2, -0.15) is 5.10 Å². The van der Waals surface area contributed by atoms with Gasteiger partial charge in [0.1, 0.15) is 12.7 Å². The molecule has 0 aliphatic heterocycles. The van der Waals surface area contributed by atoms with Gasteiger partial charge in [0.05, 0.1) is 0 Å². The molecule has 0 saturated carbocycles. The van der Waals surface area contributed by atoms with Crippen molar-refractivity contribution >= 4 is 0 Å². The Balaban J connectivity index is 2.15. The second-order valence-electron chi connectivity index (χ2n) is 1.92. The average Bonchev–Trinajstić information content (AvgIpc) is 2.41. The molecule has 0 radical (unpaired) electrons. The van der Waals surface area contributed by atoms with Gasteiger partial charge in [-0.1, -0.05) is 0 Å². The highest BCUT2D eigenvalue weighted by atomic mass is 16.5. The lowest BCUT2D eigenvalue weighted by Crippen LogP contribution is -2.11. The predicted octanol–water partition coefficient (Wildman–Crippen LogP) is -0.353. The molecule has 1 aromatic rings. The molecule has 1 aromatic heterocycles. The number of aromatic nitrogens is 3. The Morgan fingerprint density at radius 2 is 2.50 bits per heavy atom. The highest BCUT2D eigenvalue weighted by Gasteiger charge is 1.88. The molecule has 1 rings (SSSR count). The van der Waals surface area contributed by atoms with Crippen molar-refractivity contribution in [2.75, 3.05) is 6.54 Å². The summed E-state index contributed by atoms with van der Waals surface area (Å²) in [7, 11) is 0. The van der Waals surface area contributed by atoms with E-state index in [-0.39, 0.29) is 0 Å². The van der Waals surface area contributed by atoms with Crippen LogP contribution in [0.1, 0.15) is 6.42 Å². The second-order valence-corrected chi connectivity index (χ2v) is 1.92. The van der Waals surface area contributed by atoms with Crippen LogP contribution in [0.2, 0.25) is 0 Å². The quantitative estimate of drug-likeness (QED) is 0.445. The number of hydrogen-bond acceptors (Lipinski definition) is 4. The van der Waals surface area contributed by atoms with Crippen LogP contribution in [0.4, 0.5) is 0 Å². The van der Waals surface area contributed by atoms with Gasteiger partial charge in [0.25, 0.3) is 0 Å². The van der Waals surface area contributed by atoms with Crippen LogP contribution in [0, 0.1) is 0 Å². The average molecular weight is 142 g/mol. The van der Waals surface area contributed by atoms with E-state index in [0.29, 0.717) is 6.54 Å². The summed E-state index contributed by atoms with van der Waals surface area (Å²) in [6.45, 7) is 1.37. The van der Waals surface area contributed by atoms with Crippen molar-refractivity contribution in [3.8, 4) is 0 Å². The van der Waals surface area contributed by atoms with Gasteiger partial charge in [-0.25, -0.2) is 10.5 Å². The molecular weight excluding hydrogens is 132 g/mol. The summed E-state index contributed by atoms with van der Waals surface area (Å²) in [4.78, 5) is 3.77. The zero-order valence-electron chi connectivity index (χ0n) is 5.56. The normalized spacial score (nSPS) is 10.1. The van der Waals surface area contributed by atoms with Crippen molar-refractivity contribution < 1.29 is 5.21 Å². The summed E-state index contributed by atoms with van der Waals surface area (Å²) in [5, 5.41) is 12.1. The van der Waals surface area contributed by atoms with Crippen LogP contribution in [0.5, 0.6) is 0 Å². The molecule has 0 aromatic carbocycles. The Hall–Kier alpha value is -0.940. The van der Waals surface area contributed by atoms with Crippen LogP contribution in [0.3, 0.4) is 0 Å². The Bertz CT molecular complexity index is 162. The summed E-state index contributed by atoms with van der Waals surface area (Å²) in [6.07, 6.45) is 3.99. The number of rotatable bonds is 4. The minimum Gasteiger partial charge on any atom is -0.317 e. The van der Waals surface area contributed by atoms with Gasteiger partial charge in [-0.15, -0.1) is 0 Å². The topological polar surface area (TPSA) is 63.0 Å². The smallest absolute Gasteiger partial charge is 0.137 e. The summed E-state index contributed by atoms with van der Waals surface area (Å²) in [5.41, 5.74) is 2.07. The van der Waals surface area contributed by atoms with E-state index in [4.69, 9.17) is 5.21 Å². The van der Waals surface area contributed by atoms with Crippen LogP contribution in [0.25, 0.3) is 0 Å². The van der Waals surface area contributed by atoms with Crippen LogP contribution in [0.15, 0.2) is 12.7 Å². The molecule has 0 aliphatic rings. The lowest BCUT2D eigenvalue weighted by Gasteiger charge is -1.97. The van der Waals surface area contributed by atoms with Gasteiger partial charge in [-0.3, -0.25) is 4.68 Å². The molecular formula is C5H10N4O. The van der Waals surface area contributed by atoms with E-state index in [1.807, 2.05) is 0 Å². The van der Waals surface area contributed by atoms with Crippen molar-refractivity contribution in [2.45, 2.75) is 13.0 Å². The SMILES string of the molecule is ONCCCn1cncn1. The van der Waals surface area contributed by atoms with Gasteiger partial charge in [-0.05, 0) is 6.42 Å². The monoisotopic (exact) mass is 142 g/mol. The van der Waals surface area contributed by atoms with E-state index in [1.165, 1.54) is 6.33 Å². The lowest BCUT2D eigenvalue weighted by molar-refractivity contribution is 0.163. The first-order valence-electron chi connectivity index (χ1n) is 3.13. The van der Waals surface area contributed by atoms with Crippen molar-refractivity contribution in [3.63, 3.8) is 0 Å². The Morgan fingerprint density at radius 1 is 1.60 bits per heavy atom. The molecule has 5 heteroatoms. The van der Waals surface area contributed by atoms with E-state index < -0.39 is 0 Å². The third-order valence-corrected chi connectivity index (χ3v) is 1.14. The molecule has 0 bridgehead atoms. The van der Waals surface area contributed by atoms with Crippen molar-refractivity contribution in [2.24, 2.45) is 0 Å². The first-order valence-corrected chi connectivity index (χ1v) is 3.13.